The third kappa shape index (κ3) is 2.05. The van der Waals surface area contributed by atoms with Crippen molar-refractivity contribution in [3.05, 3.63) is 9.08 Å². The van der Waals surface area contributed by atoms with Crippen molar-refractivity contribution in [1.82, 2.24) is 0 Å². The molecule has 1 aliphatic rings. The summed E-state index contributed by atoms with van der Waals surface area (Å²) in [6.07, 6.45) is 0. The van der Waals surface area contributed by atoms with Crippen LogP contribution in [-0.4, -0.2) is 30.3 Å². The molecule has 0 N–H and O–H groups in total. The van der Waals surface area contributed by atoms with Crippen molar-refractivity contribution in [2.45, 2.75) is 6.55 Å². The van der Waals surface area contributed by atoms with Gasteiger partial charge in [-0.05, 0) is 0 Å². The van der Waals surface area contributed by atoms with E-state index in [0.717, 1.165) is 0 Å². The molecule has 1 unspecified atom stereocenters. The molecular formula is C5H6Br2SeSi. The Morgan fingerprint density at radius 2 is 2.44 bits per heavy atom. The third-order valence-corrected chi connectivity index (χ3v) is 13.5. The fourth-order valence-electron chi connectivity index (χ4n) is 0.558. The van der Waals surface area contributed by atoms with Gasteiger partial charge in [-0.25, -0.2) is 0 Å². The second kappa shape index (κ2) is 3.53. The van der Waals surface area contributed by atoms with Crippen molar-refractivity contribution in [3.8, 4) is 0 Å². The fraction of sp³-hybridized carbons (Fsp3) is 0.200. The second-order valence-corrected chi connectivity index (χ2v) is 11.5. The van der Waals surface area contributed by atoms with Gasteiger partial charge in [-0.2, -0.15) is 0 Å². The molecule has 0 amide bonds. The van der Waals surface area contributed by atoms with Gasteiger partial charge in [0.25, 0.3) is 0 Å². The minimum atomic E-state index is -0.550. The van der Waals surface area contributed by atoms with E-state index in [0.29, 0.717) is 0 Å². The van der Waals surface area contributed by atoms with Crippen LogP contribution in [0.5, 0.6) is 0 Å². The molecule has 0 bridgehead atoms. The van der Waals surface area contributed by atoms with E-state index >= 15 is 0 Å². The van der Waals surface area contributed by atoms with Gasteiger partial charge < -0.3 is 0 Å². The molecule has 0 saturated carbocycles. The van der Waals surface area contributed by atoms with E-state index in [-0.39, 0.29) is 8.41 Å². The molecule has 1 heterocycles. The number of halogens is 2. The van der Waals surface area contributed by atoms with E-state index in [9.17, 15) is 0 Å². The van der Waals surface area contributed by atoms with Crippen LogP contribution in [0.3, 0.4) is 0 Å². The predicted octanol–water partition coefficient (Wildman–Crippen LogP) is 1.64. The molecule has 0 fully saturated rings. The van der Waals surface area contributed by atoms with Crippen LogP contribution in [0.15, 0.2) is 9.08 Å². The molecule has 0 nitrogen and oxygen atoms in total. The first-order chi connectivity index (χ1) is 4.24. The third-order valence-electron chi connectivity index (χ3n) is 1.03. The van der Waals surface area contributed by atoms with Crippen molar-refractivity contribution in [2.75, 3.05) is 0 Å². The Morgan fingerprint density at radius 1 is 1.78 bits per heavy atom. The van der Waals surface area contributed by atoms with Crippen LogP contribution in [0.25, 0.3) is 0 Å². The summed E-state index contributed by atoms with van der Waals surface area (Å²) in [6, 6.07) is 0. The average Bonchev–Trinajstić information content (AvgIpc) is 2.13. The molecule has 0 spiro atoms. The van der Waals surface area contributed by atoms with E-state index in [4.69, 9.17) is 0 Å². The standard InChI is InChI=1S/C5H6Br2SeSi/c1-9-4-8(3-6)2-5(9)7/h2-4H,1H3. The molecule has 1 rings (SSSR count). The van der Waals surface area contributed by atoms with E-state index in [1.165, 1.54) is 4.11 Å². The Morgan fingerprint density at radius 3 is 2.67 bits per heavy atom. The molecule has 0 aromatic carbocycles. The zero-order valence-corrected chi connectivity index (χ0v) is 10.8. The Bertz CT molecular complexity index is 197. The molecule has 50 valence electrons. The van der Waals surface area contributed by atoms with Gasteiger partial charge in [0.1, 0.15) is 0 Å². The zero-order chi connectivity index (χ0) is 6.85. The predicted molar refractivity (Wildman–Crippen MR) is 55.4 cm³/mol. The molecule has 9 heavy (non-hydrogen) atoms. The monoisotopic (exact) mass is 332 g/mol. The zero-order valence-electron chi connectivity index (χ0n) is 4.90. The van der Waals surface area contributed by atoms with Crippen LogP contribution >= 0.6 is 31.9 Å². The van der Waals surface area contributed by atoms with Crippen molar-refractivity contribution in [1.29, 1.82) is 0 Å². The van der Waals surface area contributed by atoms with Crippen LogP contribution < -0.4 is 0 Å². The first-order valence-electron chi connectivity index (χ1n) is 2.44. The summed E-state index contributed by atoms with van der Waals surface area (Å²) >= 11 is 6.38. The maximum absolute atomic E-state index is 3.55. The summed E-state index contributed by atoms with van der Waals surface area (Å²) in [4.78, 5) is 2.36. The van der Waals surface area contributed by atoms with Crippen LogP contribution in [0.4, 0.5) is 0 Å². The summed E-state index contributed by atoms with van der Waals surface area (Å²) in [6.45, 7) is 2.31. The van der Waals surface area contributed by atoms with Gasteiger partial charge in [0.2, 0.25) is 0 Å². The van der Waals surface area contributed by atoms with E-state index in [1.54, 1.807) is 0 Å². The first kappa shape index (κ1) is 8.27. The van der Waals surface area contributed by atoms with Crippen molar-refractivity contribution in [2.24, 2.45) is 0 Å². The topological polar surface area (TPSA) is 0 Å². The van der Waals surface area contributed by atoms with E-state index in [2.05, 4.69) is 51.8 Å². The van der Waals surface area contributed by atoms with Gasteiger partial charge in [0.15, 0.2) is 0 Å². The Hall–Kier alpha value is 1.18. The molecule has 0 aromatic rings. The van der Waals surface area contributed by atoms with E-state index in [1.807, 2.05) is 0 Å². The molecular weight excluding hydrogens is 327 g/mol. The summed E-state index contributed by atoms with van der Waals surface area (Å²) in [5.74, 6) is 0. The van der Waals surface area contributed by atoms with Crippen molar-refractivity contribution in [3.63, 3.8) is 0 Å². The van der Waals surface area contributed by atoms with Crippen molar-refractivity contribution < 1.29 is 0 Å². The normalized spacial score (nSPS) is 26.3. The summed E-state index contributed by atoms with van der Waals surface area (Å²) in [5.41, 5.74) is 0. The van der Waals surface area contributed by atoms with Crippen LogP contribution in [0, 0.1) is 0 Å². The van der Waals surface area contributed by atoms with E-state index < -0.39 is 13.5 Å². The molecule has 0 saturated heterocycles. The Labute approximate surface area is 77.2 Å². The molecule has 0 radical (unpaired) electrons. The number of hydrogen-bond donors (Lipinski definition) is 0. The van der Waals surface area contributed by atoms with Gasteiger partial charge >= 0.3 is 77.8 Å². The minimum absolute atomic E-state index is 0.248. The van der Waals surface area contributed by atoms with Gasteiger partial charge in [0.05, 0.1) is 0 Å². The Balaban J connectivity index is 2.96. The molecule has 0 aromatic heterocycles. The Kier molecular flexibility index (Phi) is 3.25. The molecule has 0 aliphatic carbocycles. The molecule has 1 aliphatic heterocycles. The number of rotatable bonds is 0. The quantitative estimate of drug-likeness (QED) is 0.592. The average molecular weight is 333 g/mol. The molecule has 4 heteroatoms. The second-order valence-electron chi connectivity index (χ2n) is 1.76. The fourth-order valence-corrected chi connectivity index (χ4v) is 12.7. The van der Waals surface area contributed by atoms with Gasteiger partial charge in [0, 0.05) is 0 Å². The SMILES string of the molecule is C[Si]1=C/[Se](=C/Br)C=C1Br. The van der Waals surface area contributed by atoms with Crippen LogP contribution in [-0.2, 0) is 0 Å². The molecule has 1 atom stereocenters. The summed E-state index contributed by atoms with van der Waals surface area (Å²) < 4.78 is 6.12. The van der Waals surface area contributed by atoms with Crippen LogP contribution in [0.1, 0.15) is 0 Å². The maximum atomic E-state index is 3.55. The van der Waals surface area contributed by atoms with Gasteiger partial charge in [-0.15, -0.1) is 0 Å². The summed E-state index contributed by atoms with van der Waals surface area (Å²) in [5, 5.41) is 0. The van der Waals surface area contributed by atoms with Crippen molar-refractivity contribution >= 4 is 62.1 Å². The number of hydrogen-bond acceptors (Lipinski definition) is 0. The van der Waals surface area contributed by atoms with Crippen LogP contribution in [0.2, 0.25) is 6.55 Å². The first-order valence-corrected chi connectivity index (χ1v) is 9.19. The van der Waals surface area contributed by atoms with Gasteiger partial charge in [-0.3, -0.25) is 0 Å². The summed E-state index contributed by atoms with van der Waals surface area (Å²) in [7, 11) is -0.248. The van der Waals surface area contributed by atoms with Gasteiger partial charge in [-0.1, -0.05) is 0 Å².